The molecule has 2 aliphatic rings. The van der Waals surface area contributed by atoms with E-state index in [4.69, 9.17) is 22.9 Å². The van der Waals surface area contributed by atoms with Gasteiger partial charge in [0.1, 0.15) is 30.2 Å². The molecule has 6 atom stereocenters. The average Bonchev–Trinajstić information content (AvgIpc) is 3.90. The van der Waals surface area contributed by atoms with Gasteiger partial charge in [0, 0.05) is 56.0 Å². The Morgan fingerprint density at radius 2 is 1.41 bits per heavy atom. The Kier molecular flexibility index (Phi) is 16.6. The lowest BCUT2D eigenvalue weighted by molar-refractivity contribution is -0.140. The molecule has 14 N–H and O–H groups in total. The Hall–Kier alpha value is -6.50. The van der Waals surface area contributed by atoms with Gasteiger partial charge in [0.25, 0.3) is 0 Å². The number of hydrogen-bond donors (Lipinski definition) is 10. The van der Waals surface area contributed by atoms with Crippen molar-refractivity contribution in [2.24, 2.45) is 27.9 Å². The van der Waals surface area contributed by atoms with Gasteiger partial charge in [-0.25, -0.2) is 0 Å². The number of aliphatic imine (C=N–C) groups is 1. The number of aromatic amines is 1. The van der Waals surface area contributed by atoms with Crippen molar-refractivity contribution in [3.63, 3.8) is 0 Å². The fourth-order valence-corrected chi connectivity index (χ4v) is 7.65. The van der Waals surface area contributed by atoms with E-state index in [1.165, 1.54) is 4.90 Å². The van der Waals surface area contributed by atoms with Crippen LogP contribution < -0.4 is 49.5 Å². The summed E-state index contributed by atoms with van der Waals surface area (Å²) in [5.41, 5.74) is 25.3. The normalized spacial score (nSPS) is 24.3. The van der Waals surface area contributed by atoms with Crippen molar-refractivity contribution in [3.05, 3.63) is 71.9 Å². The predicted molar refractivity (Wildman–Crippen MR) is 228 cm³/mol. The Balaban J connectivity index is 1.48. The van der Waals surface area contributed by atoms with Crippen molar-refractivity contribution < 1.29 is 33.6 Å². The molecule has 7 amide bonds. The Labute approximate surface area is 353 Å². The van der Waals surface area contributed by atoms with Crippen LogP contribution in [0.25, 0.3) is 10.9 Å². The van der Waals surface area contributed by atoms with Gasteiger partial charge in [0.05, 0.1) is 6.04 Å². The lowest BCUT2D eigenvalue weighted by Crippen LogP contribution is -2.60. The third-order valence-corrected chi connectivity index (χ3v) is 11.0. The third-order valence-electron chi connectivity index (χ3n) is 11.0. The molecule has 3 aromatic rings. The topological polar surface area (TPSA) is 315 Å². The number of nitrogens with zero attached hydrogens (tertiary/aromatic N) is 2. The molecule has 2 saturated heterocycles. The summed E-state index contributed by atoms with van der Waals surface area (Å²) >= 11 is 0. The molecule has 19 nitrogen and oxygen atoms in total. The van der Waals surface area contributed by atoms with Crippen LogP contribution in [0.2, 0.25) is 0 Å². The Morgan fingerprint density at radius 1 is 0.738 bits per heavy atom. The summed E-state index contributed by atoms with van der Waals surface area (Å²) in [6, 6.07) is 9.63. The molecular weight excluding hydrogens is 785 g/mol. The number of carbonyl (C=O) groups excluding carboxylic acids is 7. The van der Waals surface area contributed by atoms with Crippen LogP contribution in [0.5, 0.6) is 0 Å². The van der Waals surface area contributed by atoms with Gasteiger partial charge in [-0.05, 0) is 68.6 Å². The van der Waals surface area contributed by atoms with E-state index in [1.807, 2.05) is 30.3 Å². The van der Waals surface area contributed by atoms with Crippen molar-refractivity contribution in [3.8, 4) is 0 Å². The van der Waals surface area contributed by atoms with Crippen molar-refractivity contribution in [1.82, 2.24) is 36.5 Å². The number of carbonyl (C=O) groups is 7. The summed E-state index contributed by atoms with van der Waals surface area (Å²) in [4.78, 5) is 104. The van der Waals surface area contributed by atoms with Gasteiger partial charge in [-0.1, -0.05) is 48.5 Å². The van der Waals surface area contributed by atoms with E-state index < -0.39 is 71.7 Å². The lowest BCUT2D eigenvalue weighted by Gasteiger charge is -2.29. The number of H-pyrrole nitrogens is 1. The number of benzene rings is 2. The second kappa shape index (κ2) is 22.2. The second-order valence-corrected chi connectivity index (χ2v) is 15.5. The molecule has 0 bridgehead atoms. The molecule has 0 aliphatic carbocycles. The van der Waals surface area contributed by atoms with Crippen LogP contribution in [0, 0.1) is 0 Å². The molecule has 0 saturated carbocycles. The zero-order valence-corrected chi connectivity index (χ0v) is 34.2. The van der Waals surface area contributed by atoms with Crippen molar-refractivity contribution in [1.29, 1.82) is 0 Å². The number of hydrogen-bond acceptors (Lipinski definition) is 9. The minimum Gasteiger partial charge on any atom is -0.370 e. The number of amides is 7. The number of para-hydroxylation sites is 1. The third kappa shape index (κ3) is 13.2. The first-order chi connectivity index (χ1) is 29.3. The molecule has 2 aromatic carbocycles. The number of primary amides is 1. The van der Waals surface area contributed by atoms with E-state index >= 15 is 0 Å². The first-order valence-corrected chi connectivity index (χ1v) is 20.8. The van der Waals surface area contributed by atoms with E-state index in [9.17, 15) is 33.6 Å². The first kappa shape index (κ1) is 45.6. The van der Waals surface area contributed by atoms with E-state index in [-0.39, 0.29) is 76.4 Å². The van der Waals surface area contributed by atoms with E-state index in [0.717, 1.165) is 10.9 Å². The van der Waals surface area contributed by atoms with Gasteiger partial charge in [0.15, 0.2) is 5.96 Å². The molecule has 61 heavy (non-hydrogen) atoms. The highest BCUT2D eigenvalue weighted by Crippen LogP contribution is 2.21. The minimum absolute atomic E-state index is 0.000717. The van der Waals surface area contributed by atoms with Crippen LogP contribution in [-0.2, 0) is 46.4 Å². The van der Waals surface area contributed by atoms with E-state index in [0.29, 0.717) is 36.8 Å². The number of guanidine groups is 1. The molecule has 5 rings (SSSR count). The largest absolute Gasteiger partial charge is 0.370 e. The molecule has 0 radical (unpaired) electrons. The van der Waals surface area contributed by atoms with Crippen LogP contribution in [0.15, 0.2) is 65.8 Å². The van der Waals surface area contributed by atoms with Gasteiger partial charge in [-0.3, -0.25) is 38.6 Å². The molecule has 3 heterocycles. The Morgan fingerprint density at radius 3 is 2.16 bits per heavy atom. The molecule has 2 aliphatic heterocycles. The lowest BCUT2D eigenvalue weighted by atomic mass is 10.0. The van der Waals surface area contributed by atoms with Crippen LogP contribution >= 0.6 is 0 Å². The van der Waals surface area contributed by atoms with Crippen LogP contribution in [0.4, 0.5) is 0 Å². The minimum atomic E-state index is -1.25. The molecule has 328 valence electrons. The molecule has 2 fully saturated rings. The number of fused-ring (bicyclic) bond motifs is 2. The van der Waals surface area contributed by atoms with Gasteiger partial charge in [-0.15, -0.1) is 0 Å². The van der Waals surface area contributed by atoms with Crippen molar-refractivity contribution in [2.75, 3.05) is 19.6 Å². The molecule has 0 spiro atoms. The number of nitrogens with two attached hydrogens (primary N) is 4. The number of aromatic nitrogens is 1. The van der Waals surface area contributed by atoms with Gasteiger partial charge < -0.3 is 59.4 Å². The summed E-state index contributed by atoms with van der Waals surface area (Å²) in [6.07, 6.45) is 3.90. The quantitative estimate of drug-likeness (QED) is 0.0699. The average molecular weight is 843 g/mol. The van der Waals surface area contributed by atoms with Gasteiger partial charge in [-0.2, -0.15) is 0 Å². The summed E-state index contributed by atoms with van der Waals surface area (Å²) in [6.45, 7) is 0.655. The highest BCUT2D eigenvalue weighted by Gasteiger charge is 2.38. The monoisotopic (exact) mass is 842 g/mol. The van der Waals surface area contributed by atoms with Crippen molar-refractivity contribution >= 4 is 58.2 Å². The van der Waals surface area contributed by atoms with Crippen LogP contribution in [-0.4, -0.2) is 113 Å². The highest BCUT2D eigenvalue weighted by molar-refractivity contribution is 5.97. The first-order valence-electron chi connectivity index (χ1n) is 20.8. The summed E-state index contributed by atoms with van der Waals surface area (Å²) < 4.78 is 0. The van der Waals surface area contributed by atoms with Crippen LogP contribution in [0.3, 0.4) is 0 Å². The van der Waals surface area contributed by atoms with Crippen molar-refractivity contribution in [2.45, 2.75) is 107 Å². The molecule has 1 aromatic heterocycles. The second-order valence-electron chi connectivity index (χ2n) is 15.5. The fraction of sp³-hybridized carbons (Fsp3) is 0.476. The molecule has 0 unspecified atom stereocenters. The predicted octanol–water partition coefficient (Wildman–Crippen LogP) is -1.17. The smallest absolute Gasteiger partial charge is 0.243 e. The van der Waals surface area contributed by atoms with Crippen LogP contribution in [0.1, 0.15) is 68.9 Å². The maximum Gasteiger partial charge on any atom is 0.243 e. The highest BCUT2D eigenvalue weighted by atomic mass is 16.2. The SMILES string of the molecule is NC(=O)[C@@H]1CCCCNC(=O)CC[C@H](N)C(=O)N2CCC[C@H]2C(=O)N[C@H](Cc2ccccc2)C(=O)N[C@@H](CCCN=C(N)N)C(=O)N[C@@H](Cc2c[nH]c3ccccc23)C(=O)N1. The fourth-order valence-electron chi connectivity index (χ4n) is 7.65. The van der Waals surface area contributed by atoms with Gasteiger partial charge >= 0.3 is 0 Å². The zero-order chi connectivity index (χ0) is 43.9. The standard InChI is InChI=1S/C42H58N12O7/c43-28-17-18-35(55)47-19-7-6-14-30(36(44)56)50-39(59)33(23-26-24-49-29-13-5-4-12-27(26)29)52-37(57)31(15-8-20-48-42(45)46)51-38(58)32(22-25-10-2-1-3-11-25)53-40(60)34-16-9-21-54(34)41(28)61/h1-5,10-13,24,28,30-34,49H,6-9,14-23,43H2,(H2,44,56)(H,47,55)(H,50,59)(H,51,58)(H,52,57)(H,53,60)(H4,45,46,48)/t28-,30-,31-,32+,33-,34-/m0/s1. The Bertz CT molecular complexity index is 2050. The van der Waals surface area contributed by atoms with E-state index in [2.05, 4.69) is 36.6 Å². The summed E-state index contributed by atoms with van der Waals surface area (Å²) in [5, 5.41) is 14.7. The molecular formula is C42H58N12O7. The maximum atomic E-state index is 14.4. The maximum absolute atomic E-state index is 14.4. The van der Waals surface area contributed by atoms with Gasteiger partial charge in [0.2, 0.25) is 41.4 Å². The number of rotatable bonds is 9. The molecule has 19 heteroatoms. The zero-order valence-electron chi connectivity index (χ0n) is 34.2. The summed E-state index contributed by atoms with van der Waals surface area (Å²) in [5.74, 6) is -4.42. The van der Waals surface area contributed by atoms with E-state index in [1.54, 1.807) is 30.5 Å². The summed E-state index contributed by atoms with van der Waals surface area (Å²) in [7, 11) is 0. The number of nitrogens with one attached hydrogen (secondary N) is 6.